The van der Waals surface area contributed by atoms with Crippen LogP contribution in [0.2, 0.25) is 0 Å². The topological polar surface area (TPSA) is 65.4 Å². The third-order valence-electron chi connectivity index (χ3n) is 6.16. The minimum atomic E-state index is 0.0843. The van der Waals surface area contributed by atoms with Gasteiger partial charge >= 0.3 is 0 Å². The molecule has 1 aromatic carbocycles. The van der Waals surface area contributed by atoms with Crippen molar-refractivity contribution in [1.82, 2.24) is 19.8 Å². The highest BCUT2D eigenvalue weighted by atomic mass is 16.3. The van der Waals surface area contributed by atoms with Crippen LogP contribution in [0.3, 0.4) is 0 Å². The number of piperidine rings is 1. The Balaban J connectivity index is 1.24. The van der Waals surface area contributed by atoms with Gasteiger partial charge in [0.1, 0.15) is 11.6 Å². The minimum Gasteiger partial charge on any atom is -0.468 e. The van der Waals surface area contributed by atoms with Crippen molar-refractivity contribution >= 4 is 16.9 Å². The molecule has 2 saturated heterocycles. The summed E-state index contributed by atoms with van der Waals surface area (Å²) in [4.78, 5) is 25.9. The fraction of sp³-hybridized carbons (Fsp3) is 0.455. The van der Waals surface area contributed by atoms with Crippen molar-refractivity contribution in [2.24, 2.45) is 5.92 Å². The van der Waals surface area contributed by atoms with Gasteiger partial charge < -0.3 is 14.3 Å². The third kappa shape index (κ3) is 3.33. The first-order valence-corrected chi connectivity index (χ1v) is 10.3. The fourth-order valence-corrected chi connectivity index (χ4v) is 4.64. The number of aromatic amines is 1. The summed E-state index contributed by atoms with van der Waals surface area (Å²) >= 11 is 0. The lowest BCUT2D eigenvalue weighted by molar-refractivity contribution is -0.138. The molecule has 2 aliphatic heterocycles. The van der Waals surface area contributed by atoms with E-state index in [2.05, 4.69) is 14.8 Å². The van der Waals surface area contributed by atoms with E-state index < -0.39 is 0 Å². The average Bonchev–Trinajstić information content (AvgIpc) is 3.47. The Morgan fingerprint density at radius 2 is 1.96 bits per heavy atom. The Morgan fingerprint density at radius 1 is 1.11 bits per heavy atom. The zero-order valence-electron chi connectivity index (χ0n) is 16.0. The zero-order chi connectivity index (χ0) is 18.9. The summed E-state index contributed by atoms with van der Waals surface area (Å²) in [6.07, 6.45) is 5.59. The van der Waals surface area contributed by atoms with Crippen LogP contribution in [0.4, 0.5) is 0 Å². The zero-order valence-corrected chi connectivity index (χ0v) is 16.0. The maximum absolute atomic E-state index is 13.3. The number of aromatic nitrogens is 2. The number of carbonyl (C=O) groups excluding carboxylic acids is 1. The molecule has 1 atom stereocenters. The van der Waals surface area contributed by atoms with Crippen LogP contribution in [-0.2, 0) is 11.3 Å². The first-order valence-electron chi connectivity index (χ1n) is 10.3. The maximum atomic E-state index is 13.3. The Labute approximate surface area is 164 Å². The van der Waals surface area contributed by atoms with Gasteiger partial charge in [0.05, 0.1) is 29.9 Å². The second kappa shape index (κ2) is 7.43. The Bertz CT molecular complexity index is 908. The molecule has 28 heavy (non-hydrogen) atoms. The lowest BCUT2D eigenvalue weighted by Gasteiger charge is -2.34. The lowest BCUT2D eigenvalue weighted by Crippen LogP contribution is -2.42. The number of para-hydroxylation sites is 2. The standard InChI is InChI=1S/C22H26N4O2/c27-22(16-9-12-25(13-10-16)15-17-5-4-14-28-17)26-11-3-8-20(26)21-23-18-6-1-2-7-19(18)24-21/h1-2,4-7,14,16,20H,3,8-13,15H2,(H,23,24)/t20-/m1/s1. The Morgan fingerprint density at radius 3 is 2.75 bits per heavy atom. The summed E-state index contributed by atoms with van der Waals surface area (Å²) in [7, 11) is 0. The number of carbonyl (C=O) groups is 1. The molecule has 6 nitrogen and oxygen atoms in total. The van der Waals surface area contributed by atoms with Crippen LogP contribution in [0.1, 0.15) is 43.3 Å². The molecule has 2 aliphatic rings. The number of rotatable bonds is 4. The van der Waals surface area contributed by atoms with E-state index >= 15 is 0 Å². The van der Waals surface area contributed by atoms with Crippen molar-refractivity contribution in [3.63, 3.8) is 0 Å². The minimum absolute atomic E-state index is 0.0843. The number of nitrogens with zero attached hydrogens (tertiary/aromatic N) is 3. The monoisotopic (exact) mass is 378 g/mol. The number of fused-ring (bicyclic) bond motifs is 1. The molecule has 5 rings (SSSR count). The number of hydrogen-bond donors (Lipinski definition) is 1. The van der Waals surface area contributed by atoms with Crippen molar-refractivity contribution < 1.29 is 9.21 Å². The van der Waals surface area contributed by atoms with Crippen molar-refractivity contribution in [1.29, 1.82) is 0 Å². The van der Waals surface area contributed by atoms with Gasteiger partial charge in [0.25, 0.3) is 0 Å². The van der Waals surface area contributed by atoms with Crippen LogP contribution in [0.5, 0.6) is 0 Å². The molecule has 6 heteroatoms. The van der Waals surface area contributed by atoms with Crippen LogP contribution >= 0.6 is 0 Å². The maximum Gasteiger partial charge on any atom is 0.226 e. The van der Waals surface area contributed by atoms with E-state index in [1.807, 2.05) is 36.4 Å². The normalized spacial score (nSPS) is 21.6. The van der Waals surface area contributed by atoms with Gasteiger partial charge in [0.15, 0.2) is 0 Å². The van der Waals surface area contributed by atoms with Crippen molar-refractivity contribution in [2.45, 2.75) is 38.3 Å². The molecule has 0 bridgehead atoms. The summed E-state index contributed by atoms with van der Waals surface area (Å²) in [5.74, 6) is 2.36. The van der Waals surface area contributed by atoms with E-state index in [1.54, 1.807) is 6.26 Å². The number of hydrogen-bond acceptors (Lipinski definition) is 4. The van der Waals surface area contributed by atoms with E-state index in [0.717, 1.165) is 74.5 Å². The number of imidazole rings is 1. The molecule has 1 amide bonds. The van der Waals surface area contributed by atoms with Gasteiger partial charge in [-0.3, -0.25) is 9.69 Å². The van der Waals surface area contributed by atoms with Gasteiger partial charge in [-0.25, -0.2) is 4.98 Å². The Kier molecular flexibility index (Phi) is 4.64. The lowest BCUT2D eigenvalue weighted by atomic mass is 9.95. The van der Waals surface area contributed by atoms with Crippen molar-refractivity contribution in [3.8, 4) is 0 Å². The molecule has 2 fully saturated rings. The van der Waals surface area contributed by atoms with E-state index in [1.165, 1.54) is 0 Å². The van der Waals surface area contributed by atoms with Gasteiger partial charge in [0, 0.05) is 12.5 Å². The number of furan rings is 1. The van der Waals surface area contributed by atoms with Gasteiger partial charge in [-0.05, 0) is 63.0 Å². The fourth-order valence-electron chi connectivity index (χ4n) is 4.64. The molecule has 0 saturated carbocycles. The first-order chi connectivity index (χ1) is 13.8. The summed E-state index contributed by atoms with van der Waals surface area (Å²) in [5.41, 5.74) is 2.02. The van der Waals surface area contributed by atoms with Crippen LogP contribution in [-0.4, -0.2) is 45.3 Å². The molecule has 0 aliphatic carbocycles. The van der Waals surface area contributed by atoms with E-state index in [9.17, 15) is 4.79 Å². The predicted molar refractivity (Wildman–Crippen MR) is 106 cm³/mol. The quantitative estimate of drug-likeness (QED) is 0.751. The number of amides is 1. The average molecular weight is 378 g/mol. The summed E-state index contributed by atoms with van der Waals surface area (Å²) in [6, 6.07) is 12.1. The second-order valence-corrected chi connectivity index (χ2v) is 7.96. The summed E-state index contributed by atoms with van der Waals surface area (Å²) in [6.45, 7) is 3.56. The molecule has 0 spiro atoms. The van der Waals surface area contributed by atoms with E-state index in [4.69, 9.17) is 9.40 Å². The van der Waals surface area contributed by atoms with Crippen LogP contribution in [0.25, 0.3) is 11.0 Å². The molecule has 2 aromatic heterocycles. The summed E-state index contributed by atoms with van der Waals surface area (Å²) < 4.78 is 5.45. The first kappa shape index (κ1) is 17.5. The molecule has 146 valence electrons. The van der Waals surface area contributed by atoms with Crippen LogP contribution in [0.15, 0.2) is 47.1 Å². The van der Waals surface area contributed by atoms with Gasteiger partial charge in [0.2, 0.25) is 5.91 Å². The predicted octanol–water partition coefficient (Wildman–Crippen LogP) is 3.73. The molecule has 1 N–H and O–H groups in total. The second-order valence-electron chi connectivity index (χ2n) is 7.96. The molecular weight excluding hydrogens is 352 g/mol. The SMILES string of the molecule is O=C(C1CCN(Cc2ccco2)CC1)N1CCC[C@@H]1c1nc2ccccc2[nH]1. The molecule has 3 aromatic rings. The molecule has 4 heterocycles. The van der Waals surface area contributed by atoms with Crippen molar-refractivity contribution in [3.05, 3.63) is 54.2 Å². The highest BCUT2D eigenvalue weighted by Crippen LogP contribution is 2.34. The highest BCUT2D eigenvalue weighted by Gasteiger charge is 2.36. The largest absolute Gasteiger partial charge is 0.468 e. The highest BCUT2D eigenvalue weighted by molar-refractivity contribution is 5.80. The van der Waals surface area contributed by atoms with Crippen LogP contribution in [0, 0.1) is 5.92 Å². The number of H-pyrrole nitrogens is 1. The number of likely N-dealkylation sites (tertiary alicyclic amines) is 2. The van der Waals surface area contributed by atoms with Crippen LogP contribution < -0.4 is 0 Å². The van der Waals surface area contributed by atoms with Gasteiger partial charge in [-0.2, -0.15) is 0 Å². The number of nitrogens with one attached hydrogen (secondary N) is 1. The van der Waals surface area contributed by atoms with Gasteiger partial charge in [-0.15, -0.1) is 0 Å². The third-order valence-corrected chi connectivity index (χ3v) is 6.16. The Hall–Kier alpha value is -2.60. The van der Waals surface area contributed by atoms with E-state index in [-0.39, 0.29) is 12.0 Å². The summed E-state index contributed by atoms with van der Waals surface area (Å²) in [5, 5.41) is 0. The molecular formula is C22H26N4O2. The van der Waals surface area contributed by atoms with E-state index in [0.29, 0.717) is 5.91 Å². The molecule has 0 radical (unpaired) electrons. The molecule has 0 unspecified atom stereocenters. The van der Waals surface area contributed by atoms with Crippen molar-refractivity contribution in [2.75, 3.05) is 19.6 Å². The van der Waals surface area contributed by atoms with Gasteiger partial charge in [-0.1, -0.05) is 12.1 Å². The smallest absolute Gasteiger partial charge is 0.226 e. The number of benzene rings is 1.